The molecule has 0 aromatic carbocycles. The summed E-state index contributed by atoms with van der Waals surface area (Å²) in [7, 11) is 0. The second-order valence-corrected chi connectivity index (χ2v) is 5.38. The molecule has 0 aromatic heterocycles. The van der Waals surface area contributed by atoms with Crippen LogP contribution in [0.4, 0.5) is 4.79 Å². The van der Waals surface area contributed by atoms with Gasteiger partial charge in [0.25, 0.3) is 0 Å². The molecule has 1 aliphatic rings. The van der Waals surface area contributed by atoms with Crippen LogP contribution < -0.4 is 0 Å². The van der Waals surface area contributed by atoms with E-state index in [-0.39, 0.29) is 5.97 Å². The first kappa shape index (κ1) is 13.8. The molecule has 1 fully saturated rings. The molecule has 5 nitrogen and oxygen atoms in total. The second-order valence-electron chi connectivity index (χ2n) is 5.38. The first-order chi connectivity index (χ1) is 7.70. The van der Waals surface area contributed by atoms with Gasteiger partial charge in [-0.1, -0.05) is 0 Å². The number of hydrogen-bond acceptors (Lipinski definition) is 4. The molecule has 0 spiro atoms. The number of amides is 1. The van der Waals surface area contributed by atoms with Gasteiger partial charge >= 0.3 is 12.1 Å². The van der Waals surface area contributed by atoms with E-state index < -0.39 is 17.2 Å². The van der Waals surface area contributed by atoms with Crippen LogP contribution in [-0.4, -0.2) is 41.3 Å². The molecule has 1 saturated heterocycles. The summed E-state index contributed by atoms with van der Waals surface area (Å²) >= 11 is 0. The number of nitrogens with zero attached hydrogens (tertiary/aromatic N) is 1. The predicted molar refractivity (Wildman–Crippen MR) is 62.6 cm³/mol. The monoisotopic (exact) mass is 243 g/mol. The fourth-order valence-corrected chi connectivity index (χ4v) is 1.67. The summed E-state index contributed by atoms with van der Waals surface area (Å²) in [5.74, 6) is -0.364. The molecule has 0 bridgehead atoms. The third-order valence-corrected chi connectivity index (χ3v) is 2.75. The Balaban J connectivity index is 2.67. The van der Waals surface area contributed by atoms with Crippen molar-refractivity contribution in [3.05, 3.63) is 0 Å². The number of carbonyl (C=O) groups excluding carboxylic acids is 2. The van der Waals surface area contributed by atoms with E-state index >= 15 is 0 Å². The fourth-order valence-electron chi connectivity index (χ4n) is 1.67. The number of esters is 1. The minimum absolute atomic E-state index is 0.316. The summed E-state index contributed by atoms with van der Waals surface area (Å²) in [5, 5.41) is 0. The maximum absolute atomic E-state index is 11.9. The third-order valence-electron chi connectivity index (χ3n) is 2.75. The van der Waals surface area contributed by atoms with E-state index in [1.54, 1.807) is 34.6 Å². The van der Waals surface area contributed by atoms with Gasteiger partial charge in [0, 0.05) is 6.54 Å². The molecule has 5 heteroatoms. The van der Waals surface area contributed by atoms with Gasteiger partial charge in [-0.2, -0.15) is 0 Å². The van der Waals surface area contributed by atoms with Crippen molar-refractivity contribution >= 4 is 12.1 Å². The highest BCUT2D eigenvalue weighted by Gasteiger charge is 2.52. The van der Waals surface area contributed by atoms with Gasteiger partial charge in [0.2, 0.25) is 0 Å². The highest BCUT2D eigenvalue weighted by Crippen LogP contribution is 2.33. The summed E-state index contributed by atoms with van der Waals surface area (Å²) in [6.45, 7) is 9.70. The van der Waals surface area contributed by atoms with Crippen molar-refractivity contribution in [3.63, 3.8) is 0 Å². The topological polar surface area (TPSA) is 55.8 Å². The van der Waals surface area contributed by atoms with Gasteiger partial charge in [0.1, 0.15) is 11.1 Å². The van der Waals surface area contributed by atoms with Crippen LogP contribution in [0.1, 0.15) is 41.0 Å². The summed E-state index contributed by atoms with van der Waals surface area (Å²) < 4.78 is 10.2. The zero-order chi connectivity index (χ0) is 13.3. The minimum atomic E-state index is -0.863. The van der Waals surface area contributed by atoms with Crippen LogP contribution in [0.3, 0.4) is 0 Å². The number of hydrogen-bond donors (Lipinski definition) is 0. The summed E-state index contributed by atoms with van der Waals surface area (Å²) in [5.41, 5.74) is -1.42. The van der Waals surface area contributed by atoms with Crippen molar-refractivity contribution in [1.29, 1.82) is 0 Å². The molecule has 0 aliphatic carbocycles. The molecule has 17 heavy (non-hydrogen) atoms. The van der Waals surface area contributed by atoms with Gasteiger partial charge in [-0.15, -0.1) is 0 Å². The van der Waals surface area contributed by atoms with Gasteiger partial charge in [-0.05, 0) is 41.0 Å². The molecular weight excluding hydrogens is 222 g/mol. The standard InChI is InChI=1S/C12H21NO4/c1-6-16-9(14)12(5)7-8-13(12)10(15)17-11(2,3)4/h6-8H2,1-5H3/t12-/m0/s1. The van der Waals surface area contributed by atoms with Crippen molar-refractivity contribution in [2.45, 2.75) is 52.2 Å². The molecule has 98 valence electrons. The van der Waals surface area contributed by atoms with E-state index in [2.05, 4.69) is 0 Å². The van der Waals surface area contributed by atoms with Crippen LogP contribution in [-0.2, 0) is 14.3 Å². The van der Waals surface area contributed by atoms with E-state index in [4.69, 9.17) is 9.47 Å². The Kier molecular flexibility index (Phi) is 3.69. The van der Waals surface area contributed by atoms with Crippen LogP contribution in [0.5, 0.6) is 0 Å². The molecular formula is C12H21NO4. The maximum atomic E-state index is 11.9. The zero-order valence-corrected chi connectivity index (χ0v) is 11.2. The second kappa shape index (κ2) is 4.55. The van der Waals surface area contributed by atoms with E-state index in [0.29, 0.717) is 19.6 Å². The molecule has 0 unspecified atom stereocenters. The number of carbonyl (C=O) groups is 2. The smallest absolute Gasteiger partial charge is 0.411 e. The Labute approximate surface area is 102 Å². The van der Waals surface area contributed by atoms with Gasteiger partial charge < -0.3 is 9.47 Å². The number of rotatable bonds is 2. The lowest BCUT2D eigenvalue weighted by atomic mass is 9.87. The van der Waals surface area contributed by atoms with Gasteiger partial charge in [0.15, 0.2) is 0 Å². The van der Waals surface area contributed by atoms with E-state index in [9.17, 15) is 9.59 Å². The summed E-state index contributed by atoms with van der Waals surface area (Å²) in [6, 6.07) is 0. The number of ether oxygens (including phenoxy) is 2. The Bertz CT molecular complexity index is 321. The lowest BCUT2D eigenvalue weighted by molar-refractivity contribution is -0.164. The quantitative estimate of drug-likeness (QED) is 0.695. The Morgan fingerprint density at radius 2 is 1.94 bits per heavy atom. The SMILES string of the molecule is CCOC(=O)[C@]1(C)CCN1C(=O)OC(C)(C)C. The van der Waals surface area contributed by atoms with Crippen molar-refractivity contribution in [3.8, 4) is 0 Å². The maximum Gasteiger partial charge on any atom is 0.411 e. The van der Waals surface area contributed by atoms with Gasteiger partial charge in [-0.3, -0.25) is 4.90 Å². The van der Waals surface area contributed by atoms with Gasteiger partial charge in [0.05, 0.1) is 6.61 Å². The highest BCUT2D eigenvalue weighted by atomic mass is 16.6. The van der Waals surface area contributed by atoms with Crippen LogP contribution in [0.2, 0.25) is 0 Å². The molecule has 0 radical (unpaired) electrons. The van der Waals surface area contributed by atoms with Crippen molar-refractivity contribution < 1.29 is 19.1 Å². The average molecular weight is 243 g/mol. The van der Waals surface area contributed by atoms with Crippen molar-refractivity contribution in [1.82, 2.24) is 4.90 Å². The molecule has 0 saturated carbocycles. The Morgan fingerprint density at radius 3 is 2.29 bits per heavy atom. The lowest BCUT2D eigenvalue weighted by Crippen LogP contribution is -2.65. The normalized spacial score (nSPS) is 23.9. The molecule has 0 N–H and O–H groups in total. The Hall–Kier alpha value is -1.26. The first-order valence-electron chi connectivity index (χ1n) is 5.88. The molecule has 1 amide bonds. The average Bonchev–Trinajstić information content (AvgIpc) is 2.12. The molecule has 1 atom stereocenters. The van der Waals surface area contributed by atoms with Crippen LogP contribution in [0, 0.1) is 0 Å². The lowest BCUT2D eigenvalue weighted by Gasteiger charge is -2.47. The fraction of sp³-hybridized carbons (Fsp3) is 0.833. The number of likely N-dealkylation sites (tertiary alicyclic amines) is 1. The first-order valence-corrected chi connectivity index (χ1v) is 5.88. The molecule has 1 heterocycles. The van der Waals surface area contributed by atoms with Crippen LogP contribution >= 0.6 is 0 Å². The molecule has 0 aromatic rings. The summed E-state index contributed by atoms with van der Waals surface area (Å²) in [4.78, 5) is 25.0. The van der Waals surface area contributed by atoms with E-state index in [1.165, 1.54) is 4.90 Å². The van der Waals surface area contributed by atoms with E-state index in [1.807, 2.05) is 0 Å². The predicted octanol–water partition coefficient (Wildman–Crippen LogP) is 1.95. The summed E-state index contributed by atoms with van der Waals surface area (Å²) in [6.07, 6.45) is 0.157. The van der Waals surface area contributed by atoms with Crippen molar-refractivity contribution in [2.75, 3.05) is 13.2 Å². The zero-order valence-electron chi connectivity index (χ0n) is 11.2. The van der Waals surface area contributed by atoms with Crippen molar-refractivity contribution in [2.24, 2.45) is 0 Å². The molecule has 1 aliphatic heterocycles. The molecule has 1 rings (SSSR count). The minimum Gasteiger partial charge on any atom is -0.464 e. The van der Waals surface area contributed by atoms with Crippen LogP contribution in [0.25, 0.3) is 0 Å². The van der Waals surface area contributed by atoms with Gasteiger partial charge in [-0.25, -0.2) is 9.59 Å². The largest absolute Gasteiger partial charge is 0.464 e. The van der Waals surface area contributed by atoms with E-state index in [0.717, 1.165) is 0 Å². The third kappa shape index (κ3) is 2.90. The highest BCUT2D eigenvalue weighted by molar-refractivity contribution is 5.87. The Morgan fingerprint density at radius 1 is 1.35 bits per heavy atom. The van der Waals surface area contributed by atoms with Crippen LogP contribution in [0.15, 0.2) is 0 Å².